The Hall–Kier alpha value is -6.66. The van der Waals surface area contributed by atoms with Crippen molar-refractivity contribution < 1.29 is 42.9 Å². The van der Waals surface area contributed by atoms with E-state index in [1.807, 2.05) is 42.5 Å². The number of nitrogens with two attached hydrogens (primary N) is 2. The molecule has 86 heavy (non-hydrogen) atoms. The van der Waals surface area contributed by atoms with Gasteiger partial charge >= 0.3 is 0 Å². The summed E-state index contributed by atoms with van der Waals surface area (Å²) in [6, 6.07) is 40.4. The molecular weight excluding hydrogens is 1090 g/mol. The van der Waals surface area contributed by atoms with E-state index in [9.17, 15) is 33.4 Å². The third-order valence-electron chi connectivity index (χ3n) is 21.5. The minimum atomic E-state index is -4.72. The van der Waals surface area contributed by atoms with Crippen LogP contribution in [0.5, 0.6) is 17.2 Å². The second-order valence-electron chi connectivity index (χ2n) is 27.3. The lowest BCUT2D eigenvalue weighted by molar-refractivity contribution is -0.177. The molecule has 0 unspecified atom stereocenters. The second-order valence-corrected chi connectivity index (χ2v) is 28.9. The predicted molar refractivity (Wildman–Crippen MR) is 336 cm³/mol. The van der Waals surface area contributed by atoms with Crippen LogP contribution in [0, 0.1) is 59.2 Å². The molecule has 0 spiro atoms. The molecule has 0 radical (unpaired) electrons. The molecule has 15 rings (SSSR count). The number of aliphatic hydroxyl groups excluding tert-OH is 1. The van der Waals surface area contributed by atoms with E-state index in [2.05, 4.69) is 105 Å². The number of hydrogen-bond donors (Lipinski definition) is 7. The van der Waals surface area contributed by atoms with Crippen molar-refractivity contribution >= 4 is 26.9 Å². The van der Waals surface area contributed by atoms with E-state index in [0.29, 0.717) is 74.2 Å². The number of aliphatic imine (C=N–C) groups is 1. The number of phenols is 2. The fourth-order valence-electron chi connectivity index (χ4n) is 17.7. The fraction of sp³-hybridized carbons (Fsp3) is 0.466. The van der Waals surface area contributed by atoms with Gasteiger partial charge in [-0.2, -0.15) is 8.42 Å². The highest BCUT2D eigenvalue weighted by Crippen LogP contribution is 2.60. The van der Waals surface area contributed by atoms with Crippen molar-refractivity contribution in [3.05, 3.63) is 183 Å². The zero-order valence-corrected chi connectivity index (χ0v) is 50.5. The normalized spacial score (nSPS) is 32.1. The number of fused-ring (bicyclic) bond motifs is 10. The number of allylic oxidation sites excluding steroid dienone is 1. The molecule has 2 saturated carbocycles. The Morgan fingerprint density at radius 3 is 2.38 bits per heavy atom. The maximum absolute atomic E-state index is 14.6. The SMILES string of the molecule is CC(C)Cc1cc(O)cc2cc([C@@H]3CC[C@@H]4CC[C@H]([C@]5(N=C(N)N)Oc6ccc7c(c6)CC[C@@H](C)[C@@H]7C[C@@H](S(=O)(=O)O)[C@H]6C=C7C[C@H](C[C@H]8C[C@@H](CO)CC#Cc9cc(O)ccc9[C@@H]7O8)[C@@H]6c6ccc5cc6)[C@H](Cc5ccccc5)[C@]4(O)C3)ccc12. The van der Waals surface area contributed by atoms with E-state index in [4.69, 9.17) is 25.9 Å². The fourth-order valence-corrected chi connectivity index (χ4v) is 18.8. The number of guanidine groups is 1. The zero-order chi connectivity index (χ0) is 59.8. The van der Waals surface area contributed by atoms with Gasteiger partial charge in [-0.15, -0.1) is 0 Å². The van der Waals surface area contributed by atoms with Crippen molar-refractivity contribution in [2.45, 2.75) is 157 Å². The van der Waals surface area contributed by atoms with E-state index in [1.54, 1.807) is 12.1 Å². The maximum atomic E-state index is 14.6. The molecule has 3 fully saturated rings. The summed E-state index contributed by atoms with van der Waals surface area (Å²) in [6.45, 7) is 6.49. The number of rotatable bonds is 9. The number of aryl methyl sites for hydroxylation is 1. The molecule has 6 aromatic carbocycles. The van der Waals surface area contributed by atoms with Crippen molar-refractivity contribution in [2.24, 2.45) is 63.8 Å². The summed E-state index contributed by atoms with van der Waals surface area (Å²) < 4.78 is 55.9. The van der Waals surface area contributed by atoms with Crippen molar-refractivity contribution in [3.8, 4) is 29.1 Å². The summed E-state index contributed by atoms with van der Waals surface area (Å²) in [6.07, 6.45) is 9.94. The van der Waals surface area contributed by atoms with Crippen molar-refractivity contribution in [3.63, 3.8) is 0 Å². The number of ether oxygens (including phenoxy) is 2. The number of hydrogen-bond acceptors (Lipinski definition) is 9. The standard InChI is InChI=1S/C73H83N3O9S/c1-42(2)28-51-34-58(79)35-52-31-47(17-24-61(51)52)50-16-18-55-21-27-66(67(72(55,80)40-50)30-44-8-5-4-6-9-44)73(76-71(74)75)56-19-14-46(15-20-56)69-53-32-54(70-63-25-22-57(78)33-48(63)11-7-10-45(41-77)29-60(37-53)84-70)38-65(69)68(86(81,82)83)39-64-43(3)12-13-49-36-59(85-73)23-26-62(49)64/h4-6,8-9,14-15,17,19-20,22-26,31,33-36,38,42-43,45,50,53,55,60,64-70,77-80H,10,12-13,16,18,21,27-30,32,37,39-41H2,1-3H3,(H4,74,75,76)(H,81,82,83)/t43-,45+,50-,53-,55-,60-,64+,65-,66+,67+,68-,69+,70-,72+,73-/m1/s1. The summed E-state index contributed by atoms with van der Waals surface area (Å²) in [5, 5.41) is 47.6. The molecule has 10 bridgehead atoms. The lowest BCUT2D eigenvalue weighted by atomic mass is 9.53. The number of phenolic OH excluding ortho intramolecular Hbond substituents is 2. The van der Waals surface area contributed by atoms with Crippen LogP contribution in [-0.4, -0.2) is 62.9 Å². The maximum Gasteiger partial charge on any atom is 0.268 e. The van der Waals surface area contributed by atoms with Gasteiger partial charge in [-0.1, -0.05) is 124 Å². The van der Waals surface area contributed by atoms with Crippen LogP contribution < -0.4 is 16.2 Å². The quantitative estimate of drug-likeness (QED) is 0.0237. The number of aliphatic hydroxyl groups is 2. The van der Waals surface area contributed by atoms with Gasteiger partial charge in [-0.05, 0) is 217 Å². The van der Waals surface area contributed by atoms with Gasteiger partial charge in [0.2, 0.25) is 5.72 Å². The molecule has 0 aromatic heterocycles. The Bertz CT molecular complexity index is 3780. The number of aromatic hydroxyl groups is 2. The van der Waals surface area contributed by atoms with Crippen LogP contribution in [0.3, 0.4) is 0 Å². The summed E-state index contributed by atoms with van der Waals surface area (Å²) in [4.78, 5) is 5.36. The Morgan fingerprint density at radius 1 is 0.837 bits per heavy atom. The molecule has 13 heteroatoms. The average molecular weight is 1180 g/mol. The smallest absolute Gasteiger partial charge is 0.268 e. The molecule has 5 aliphatic heterocycles. The van der Waals surface area contributed by atoms with Crippen LogP contribution in [-0.2, 0) is 39.8 Å². The van der Waals surface area contributed by atoms with Gasteiger partial charge in [0.1, 0.15) is 23.4 Å². The van der Waals surface area contributed by atoms with Gasteiger partial charge in [0.25, 0.3) is 10.1 Å². The highest BCUT2D eigenvalue weighted by molar-refractivity contribution is 7.86. The van der Waals surface area contributed by atoms with Gasteiger partial charge in [-0.25, -0.2) is 4.99 Å². The van der Waals surface area contributed by atoms with Crippen LogP contribution in [0.15, 0.2) is 138 Å². The highest BCUT2D eigenvalue weighted by atomic mass is 32.2. The van der Waals surface area contributed by atoms with E-state index in [0.717, 1.165) is 87.4 Å². The monoisotopic (exact) mass is 1180 g/mol. The van der Waals surface area contributed by atoms with Crippen molar-refractivity contribution in [1.82, 2.24) is 0 Å². The largest absolute Gasteiger partial charge is 0.508 e. The molecule has 9 aliphatic rings. The first-order chi connectivity index (χ1) is 41.3. The summed E-state index contributed by atoms with van der Waals surface area (Å²) in [5.74, 6) is 5.22. The first-order valence-electron chi connectivity index (χ1n) is 31.6. The second kappa shape index (κ2) is 23.1. The molecule has 5 heterocycles. The minimum Gasteiger partial charge on any atom is -0.508 e. The molecule has 4 aliphatic carbocycles. The number of nitrogens with zero attached hydrogens (tertiary/aromatic N) is 1. The summed E-state index contributed by atoms with van der Waals surface area (Å²) in [7, 11) is -4.72. The predicted octanol–water partition coefficient (Wildman–Crippen LogP) is 12.8. The lowest BCUT2D eigenvalue weighted by Gasteiger charge is -2.57. The minimum absolute atomic E-state index is 0.0162. The van der Waals surface area contributed by atoms with Crippen LogP contribution >= 0.6 is 0 Å². The molecule has 9 N–H and O–H groups in total. The van der Waals surface area contributed by atoms with Crippen molar-refractivity contribution in [1.29, 1.82) is 0 Å². The van der Waals surface area contributed by atoms with Crippen LogP contribution in [0.4, 0.5) is 0 Å². The van der Waals surface area contributed by atoms with Crippen LogP contribution in [0.25, 0.3) is 10.8 Å². The van der Waals surface area contributed by atoms with E-state index < -0.39 is 56.5 Å². The van der Waals surface area contributed by atoms with Gasteiger partial charge in [0.15, 0.2) is 5.96 Å². The first-order valence-corrected chi connectivity index (χ1v) is 33.1. The van der Waals surface area contributed by atoms with Gasteiger partial charge in [0.05, 0.1) is 17.0 Å². The van der Waals surface area contributed by atoms with E-state index in [-0.39, 0.29) is 72.1 Å². The molecule has 0 amide bonds. The Kier molecular flexibility index (Phi) is 15.7. The van der Waals surface area contributed by atoms with Crippen LogP contribution in [0.1, 0.15) is 165 Å². The molecule has 15 atom stereocenters. The Balaban J connectivity index is 0.979. The third kappa shape index (κ3) is 11.0. The number of benzene rings is 6. The third-order valence-corrected chi connectivity index (χ3v) is 22.8. The highest BCUT2D eigenvalue weighted by Gasteiger charge is 2.60. The topological polar surface area (TPSA) is 218 Å². The zero-order valence-electron chi connectivity index (χ0n) is 49.7. The van der Waals surface area contributed by atoms with Gasteiger partial charge in [0, 0.05) is 47.5 Å². The van der Waals surface area contributed by atoms with Gasteiger partial charge in [-0.3, -0.25) is 4.55 Å². The lowest BCUT2D eigenvalue weighted by Crippen LogP contribution is -2.60. The average Bonchev–Trinajstić information content (AvgIpc) is 0.957. The molecule has 450 valence electrons. The molecule has 1 saturated heterocycles. The summed E-state index contributed by atoms with van der Waals surface area (Å²) >= 11 is 0. The molecule has 6 aromatic rings. The van der Waals surface area contributed by atoms with Gasteiger partial charge < -0.3 is 41.4 Å². The molecule has 12 nitrogen and oxygen atoms in total. The van der Waals surface area contributed by atoms with E-state index in [1.165, 1.54) is 0 Å². The van der Waals surface area contributed by atoms with Crippen molar-refractivity contribution in [2.75, 3.05) is 6.61 Å². The first kappa shape index (κ1) is 58.4. The van der Waals surface area contributed by atoms with Crippen LogP contribution in [0.2, 0.25) is 0 Å². The Morgan fingerprint density at radius 2 is 1.62 bits per heavy atom. The molecular formula is C73H83N3O9S. The summed E-state index contributed by atoms with van der Waals surface area (Å²) in [5.41, 5.74) is 20.0. The Labute approximate surface area is 506 Å². The van der Waals surface area contributed by atoms with E-state index >= 15 is 0 Å².